The highest BCUT2D eigenvalue weighted by Gasteiger charge is 2.43. The Hall–Kier alpha value is -0.0800. The van der Waals surface area contributed by atoms with Crippen molar-refractivity contribution >= 4 is 0 Å². The molecule has 2 N–H and O–H groups in total. The van der Waals surface area contributed by atoms with Gasteiger partial charge in [0.25, 0.3) is 0 Å². The molecule has 1 aliphatic carbocycles. The van der Waals surface area contributed by atoms with Crippen molar-refractivity contribution in [2.24, 2.45) is 5.73 Å². The van der Waals surface area contributed by atoms with Crippen LogP contribution >= 0.6 is 0 Å². The lowest BCUT2D eigenvalue weighted by Gasteiger charge is -2.54. The van der Waals surface area contributed by atoms with E-state index in [9.17, 15) is 0 Å². The molecule has 1 saturated carbocycles. The topological polar surface area (TPSA) is 29.3 Å². The van der Waals surface area contributed by atoms with E-state index >= 15 is 0 Å². The molecule has 2 aliphatic rings. The van der Waals surface area contributed by atoms with E-state index in [1.165, 1.54) is 38.8 Å². The molecule has 0 aromatic rings. The van der Waals surface area contributed by atoms with Crippen LogP contribution in [0.2, 0.25) is 0 Å². The van der Waals surface area contributed by atoms with Gasteiger partial charge in [0.05, 0.1) is 0 Å². The molecule has 1 heterocycles. The Kier molecular flexibility index (Phi) is 1.46. The third kappa shape index (κ3) is 0.722. The third-order valence-electron chi connectivity index (χ3n) is 3.19. The van der Waals surface area contributed by atoms with E-state index in [-0.39, 0.29) is 0 Å². The smallest absolute Gasteiger partial charge is 0.0331 e. The molecule has 0 aromatic heterocycles. The Bertz CT molecular complexity index is 120. The summed E-state index contributed by atoms with van der Waals surface area (Å²) in [6, 6.07) is 0. The fourth-order valence-corrected chi connectivity index (χ4v) is 2.02. The lowest BCUT2D eigenvalue weighted by Crippen LogP contribution is -2.62. The Morgan fingerprint density at radius 2 is 1.90 bits per heavy atom. The lowest BCUT2D eigenvalue weighted by molar-refractivity contribution is -0.0210. The molecule has 2 heteroatoms. The SMILES string of the molecule is NCC1(N2CCC2)CCC1. The van der Waals surface area contributed by atoms with Crippen LogP contribution in [0.3, 0.4) is 0 Å². The zero-order valence-electron chi connectivity index (χ0n) is 6.47. The molecule has 2 nitrogen and oxygen atoms in total. The predicted octanol–water partition coefficient (Wildman–Crippen LogP) is 0.573. The molecule has 0 radical (unpaired) electrons. The van der Waals surface area contributed by atoms with Gasteiger partial charge in [-0.1, -0.05) is 0 Å². The largest absolute Gasteiger partial charge is 0.329 e. The average Bonchev–Trinajstić information content (AvgIpc) is 1.73. The second-order valence-electron chi connectivity index (χ2n) is 3.62. The highest BCUT2D eigenvalue weighted by Crippen LogP contribution is 2.39. The van der Waals surface area contributed by atoms with Gasteiger partial charge in [0, 0.05) is 12.1 Å². The summed E-state index contributed by atoms with van der Waals surface area (Å²) in [5, 5.41) is 0. The van der Waals surface area contributed by atoms with Gasteiger partial charge in [-0.2, -0.15) is 0 Å². The Morgan fingerprint density at radius 1 is 1.20 bits per heavy atom. The Balaban J connectivity index is 1.96. The normalized spacial score (nSPS) is 30.9. The van der Waals surface area contributed by atoms with Gasteiger partial charge >= 0.3 is 0 Å². The number of nitrogens with zero attached hydrogens (tertiary/aromatic N) is 1. The number of rotatable bonds is 2. The van der Waals surface area contributed by atoms with Crippen LogP contribution in [-0.4, -0.2) is 30.1 Å². The van der Waals surface area contributed by atoms with E-state index in [2.05, 4.69) is 4.90 Å². The van der Waals surface area contributed by atoms with E-state index in [0.29, 0.717) is 5.54 Å². The maximum atomic E-state index is 5.74. The first-order valence-electron chi connectivity index (χ1n) is 4.32. The highest BCUT2D eigenvalue weighted by atomic mass is 15.3. The maximum absolute atomic E-state index is 5.74. The first-order chi connectivity index (χ1) is 4.87. The monoisotopic (exact) mass is 140 g/mol. The van der Waals surface area contributed by atoms with E-state index in [1.807, 2.05) is 0 Å². The molecule has 1 saturated heterocycles. The highest BCUT2D eigenvalue weighted by molar-refractivity contribution is 5.01. The van der Waals surface area contributed by atoms with Crippen molar-refractivity contribution in [3.05, 3.63) is 0 Å². The van der Waals surface area contributed by atoms with E-state index in [1.54, 1.807) is 0 Å². The van der Waals surface area contributed by atoms with Crippen molar-refractivity contribution < 1.29 is 0 Å². The maximum Gasteiger partial charge on any atom is 0.0331 e. The lowest BCUT2D eigenvalue weighted by atomic mass is 9.74. The molecule has 0 atom stereocenters. The van der Waals surface area contributed by atoms with Gasteiger partial charge in [0.15, 0.2) is 0 Å². The second kappa shape index (κ2) is 2.21. The van der Waals surface area contributed by atoms with Crippen LogP contribution in [0.15, 0.2) is 0 Å². The van der Waals surface area contributed by atoms with Crippen LogP contribution in [0.4, 0.5) is 0 Å². The summed E-state index contributed by atoms with van der Waals surface area (Å²) < 4.78 is 0. The van der Waals surface area contributed by atoms with Crippen LogP contribution in [0, 0.1) is 0 Å². The van der Waals surface area contributed by atoms with Gasteiger partial charge in [0.1, 0.15) is 0 Å². The number of nitrogens with two attached hydrogens (primary N) is 1. The minimum absolute atomic E-state index is 0.470. The number of likely N-dealkylation sites (tertiary alicyclic amines) is 1. The minimum Gasteiger partial charge on any atom is -0.329 e. The quantitative estimate of drug-likeness (QED) is 0.607. The van der Waals surface area contributed by atoms with Gasteiger partial charge in [-0.15, -0.1) is 0 Å². The Morgan fingerprint density at radius 3 is 2.00 bits per heavy atom. The standard InChI is InChI=1S/C8H16N2/c9-7-8(3-1-4-8)10-5-2-6-10/h1-7,9H2. The molecule has 1 aliphatic heterocycles. The van der Waals surface area contributed by atoms with Crippen molar-refractivity contribution in [1.82, 2.24) is 4.90 Å². The van der Waals surface area contributed by atoms with Crippen LogP contribution in [0.1, 0.15) is 25.7 Å². The molecule has 0 amide bonds. The Labute approximate surface area is 62.4 Å². The molecule has 10 heavy (non-hydrogen) atoms. The molecule has 58 valence electrons. The summed E-state index contributed by atoms with van der Waals surface area (Å²) in [5.41, 5.74) is 6.21. The van der Waals surface area contributed by atoms with Crippen LogP contribution in [0.5, 0.6) is 0 Å². The van der Waals surface area contributed by atoms with Crippen molar-refractivity contribution in [3.63, 3.8) is 0 Å². The van der Waals surface area contributed by atoms with Crippen molar-refractivity contribution in [3.8, 4) is 0 Å². The van der Waals surface area contributed by atoms with Gasteiger partial charge in [-0.05, 0) is 38.8 Å². The molecule has 2 fully saturated rings. The fourth-order valence-electron chi connectivity index (χ4n) is 2.02. The van der Waals surface area contributed by atoms with Gasteiger partial charge in [0.2, 0.25) is 0 Å². The van der Waals surface area contributed by atoms with Crippen LogP contribution in [0.25, 0.3) is 0 Å². The molecule has 0 spiro atoms. The van der Waals surface area contributed by atoms with Gasteiger partial charge < -0.3 is 5.73 Å². The number of hydrogen-bond acceptors (Lipinski definition) is 2. The summed E-state index contributed by atoms with van der Waals surface area (Å²) in [7, 11) is 0. The van der Waals surface area contributed by atoms with E-state index in [4.69, 9.17) is 5.73 Å². The third-order valence-corrected chi connectivity index (χ3v) is 3.19. The van der Waals surface area contributed by atoms with Crippen LogP contribution < -0.4 is 5.73 Å². The second-order valence-corrected chi connectivity index (χ2v) is 3.62. The van der Waals surface area contributed by atoms with E-state index in [0.717, 1.165) is 6.54 Å². The van der Waals surface area contributed by atoms with Gasteiger partial charge in [-0.25, -0.2) is 0 Å². The summed E-state index contributed by atoms with van der Waals surface area (Å²) in [5.74, 6) is 0. The van der Waals surface area contributed by atoms with Crippen molar-refractivity contribution in [2.45, 2.75) is 31.2 Å². The van der Waals surface area contributed by atoms with Crippen LogP contribution in [-0.2, 0) is 0 Å². The molecule has 2 rings (SSSR count). The summed E-state index contributed by atoms with van der Waals surface area (Å²) in [6.07, 6.45) is 5.49. The first-order valence-corrected chi connectivity index (χ1v) is 4.32. The van der Waals surface area contributed by atoms with Crippen molar-refractivity contribution in [1.29, 1.82) is 0 Å². The van der Waals surface area contributed by atoms with E-state index < -0.39 is 0 Å². The zero-order chi connectivity index (χ0) is 7.03. The predicted molar refractivity (Wildman–Crippen MR) is 41.8 cm³/mol. The zero-order valence-corrected chi connectivity index (χ0v) is 6.47. The molecule has 0 bridgehead atoms. The summed E-state index contributed by atoms with van der Waals surface area (Å²) in [4.78, 5) is 2.57. The summed E-state index contributed by atoms with van der Waals surface area (Å²) >= 11 is 0. The van der Waals surface area contributed by atoms with Gasteiger partial charge in [-0.3, -0.25) is 4.90 Å². The minimum atomic E-state index is 0.470. The average molecular weight is 140 g/mol. The fraction of sp³-hybridized carbons (Fsp3) is 1.00. The van der Waals surface area contributed by atoms with Crippen molar-refractivity contribution in [2.75, 3.05) is 19.6 Å². The summed E-state index contributed by atoms with van der Waals surface area (Å²) in [6.45, 7) is 3.49. The first kappa shape index (κ1) is 6.62. The molecule has 0 unspecified atom stereocenters. The molecule has 0 aromatic carbocycles. The molecular weight excluding hydrogens is 124 g/mol. The molecular formula is C8H16N2. The number of hydrogen-bond donors (Lipinski definition) is 1.